The van der Waals surface area contributed by atoms with E-state index in [2.05, 4.69) is 5.16 Å². The Morgan fingerprint density at radius 3 is 1.63 bits per heavy atom. The minimum Gasteiger partial charge on any atom is -0.538 e. The normalized spacial score (nSPS) is 12.3. The number of hydrogen-bond acceptors (Lipinski definition) is 5. The van der Waals surface area contributed by atoms with Gasteiger partial charge in [-0.15, -0.1) is 5.16 Å². The molecule has 0 radical (unpaired) electrons. The monoisotopic (exact) mass is 263 g/mol. The zero-order valence-corrected chi connectivity index (χ0v) is 13.0. The molecule has 0 saturated carbocycles. The molecular formula is C12H23BLiNO4. The van der Waals surface area contributed by atoms with Gasteiger partial charge >= 0.3 is 25.6 Å². The SMILES string of the molecule is CC(C)O[B-](OC(C)C)(OC(C)C)c1ccon1.[Li+]. The van der Waals surface area contributed by atoms with E-state index in [-0.39, 0.29) is 37.2 Å². The van der Waals surface area contributed by atoms with Crippen molar-refractivity contribution in [3.8, 4) is 0 Å². The zero-order valence-electron chi connectivity index (χ0n) is 13.0. The van der Waals surface area contributed by atoms with Crippen molar-refractivity contribution in [2.75, 3.05) is 0 Å². The summed E-state index contributed by atoms with van der Waals surface area (Å²) in [4.78, 5) is 0. The van der Waals surface area contributed by atoms with E-state index >= 15 is 0 Å². The minimum absolute atomic E-state index is 0. The Morgan fingerprint density at radius 2 is 1.37 bits per heavy atom. The zero-order chi connectivity index (χ0) is 13.8. The van der Waals surface area contributed by atoms with Gasteiger partial charge in [0.1, 0.15) is 6.26 Å². The van der Waals surface area contributed by atoms with Crippen molar-refractivity contribution in [1.29, 1.82) is 0 Å². The van der Waals surface area contributed by atoms with Gasteiger partial charge in [0.25, 0.3) is 0 Å². The second-order valence-corrected chi connectivity index (χ2v) is 5.12. The van der Waals surface area contributed by atoms with Crippen LogP contribution in [0.3, 0.4) is 0 Å². The van der Waals surface area contributed by atoms with Gasteiger partial charge in [0.05, 0.1) is 0 Å². The third-order valence-corrected chi connectivity index (χ3v) is 2.17. The number of aromatic nitrogens is 1. The van der Waals surface area contributed by atoms with Gasteiger partial charge in [-0.3, -0.25) is 0 Å². The molecule has 19 heavy (non-hydrogen) atoms. The van der Waals surface area contributed by atoms with Gasteiger partial charge in [0, 0.05) is 23.9 Å². The second kappa shape index (κ2) is 8.13. The van der Waals surface area contributed by atoms with E-state index in [1.165, 1.54) is 6.26 Å². The van der Waals surface area contributed by atoms with Gasteiger partial charge in [-0.2, -0.15) is 0 Å². The maximum absolute atomic E-state index is 5.90. The van der Waals surface area contributed by atoms with Crippen molar-refractivity contribution in [3.05, 3.63) is 12.3 Å². The van der Waals surface area contributed by atoms with Crippen LogP contribution in [-0.4, -0.2) is 30.2 Å². The Bertz CT molecular complexity index is 317. The fraction of sp³-hybridized carbons (Fsp3) is 0.750. The first-order valence-corrected chi connectivity index (χ1v) is 6.43. The Kier molecular flexibility index (Phi) is 8.03. The van der Waals surface area contributed by atoms with Gasteiger partial charge in [0.15, 0.2) is 0 Å². The first-order chi connectivity index (χ1) is 8.35. The Morgan fingerprint density at radius 1 is 0.947 bits per heavy atom. The fourth-order valence-corrected chi connectivity index (χ4v) is 1.78. The Labute approximate surface area is 127 Å². The first kappa shape index (κ1) is 18.8. The average molecular weight is 263 g/mol. The maximum atomic E-state index is 5.90. The van der Waals surface area contributed by atoms with Crippen LogP contribution < -0.4 is 24.5 Å². The predicted octanol–water partition coefficient (Wildman–Crippen LogP) is -0.900. The van der Waals surface area contributed by atoms with Crippen LogP contribution in [0.2, 0.25) is 0 Å². The molecule has 0 aliphatic heterocycles. The largest absolute Gasteiger partial charge is 1.00 e. The average Bonchev–Trinajstić information content (AvgIpc) is 2.65. The van der Waals surface area contributed by atoms with Crippen LogP contribution in [0.15, 0.2) is 16.9 Å². The van der Waals surface area contributed by atoms with Crippen molar-refractivity contribution in [2.45, 2.75) is 59.9 Å². The molecular weight excluding hydrogens is 240 g/mol. The number of rotatable bonds is 7. The molecule has 1 rings (SSSR count). The molecule has 0 unspecified atom stereocenters. The summed E-state index contributed by atoms with van der Waals surface area (Å²) in [5, 5.41) is 3.93. The van der Waals surface area contributed by atoms with Crippen LogP contribution in [0, 0.1) is 0 Å². The molecule has 0 N–H and O–H groups in total. The molecule has 5 nitrogen and oxygen atoms in total. The topological polar surface area (TPSA) is 53.7 Å². The summed E-state index contributed by atoms with van der Waals surface area (Å²) in [6.07, 6.45) is 1.36. The van der Waals surface area contributed by atoms with Crippen LogP contribution in [-0.2, 0) is 14.0 Å². The molecule has 0 atom stereocenters. The molecule has 0 amide bonds. The predicted molar refractivity (Wildman–Crippen MR) is 70.6 cm³/mol. The molecule has 0 aliphatic rings. The van der Waals surface area contributed by atoms with Crippen molar-refractivity contribution in [2.24, 2.45) is 0 Å². The molecule has 0 aromatic carbocycles. The molecule has 1 aromatic rings. The van der Waals surface area contributed by atoms with E-state index in [9.17, 15) is 0 Å². The quantitative estimate of drug-likeness (QED) is 0.597. The maximum Gasteiger partial charge on any atom is 1.00 e. The van der Waals surface area contributed by atoms with Crippen molar-refractivity contribution >= 4 is 12.3 Å². The van der Waals surface area contributed by atoms with Gasteiger partial charge in [-0.25, -0.2) is 0 Å². The molecule has 0 bridgehead atoms. The van der Waals surface area contributed by atoms with Crippen molar-refractivity contribution in [1.82, 2.24) is 5.16 Å². The summed E-state index contributed by atoms with van der Waals surface area (Å²) in [7, 11) is 0. The van der Waals surface area contributed by atoms with Crippen molar-refractivity contribution in [3.63, 3.8) is 0 Å². The third-order valence-electron chi connectivity index (χ3n) is 2.17. The summed E-state index contributed by atoms with van der Waals surface area (Å²) in [5.74, 6) is 0. The van der Waals surface area contributed by atoms with Crippen LogP contribution in [0.5, 0.6) is 0 Å². The van der Waals surface area contributed by atoms with E-state index in [1.54, 1.807) is 6.07 Å². The molecule has 0 spiro atoms. The van der Waals surface area contributed by atoms with Crippen LogP contribution >= 0.6 is 0 Å². The van der Waals surface area contributed by atoms with Crippen molar-refractivity contribution < 1.29 is 37.3 Å². The van der Waals surface area contributed by atoms with E-state index in [4.69, 9.17) is 18.5 Å². The van der Waals surface area contributed by atoms with Gasteiger partial charge in [-0.05, 0) is 47.6 Å². The Hall–Kier alpha value is -0.248. The van der Waals surface area contributed by atoms with Crippen LogP contribution in [0.25, 0.3) is 0 Å². The van der Waals surface area contributed by atoms with E-state index in [1.807, 2.05) is 41.5 Å². The van der Waals surface area contributed by atoms with Gasteiger partial charge in [0.2, 0.25) is 0 Å². The summed E-state index contributed by atoms with van der Waals surface area (Å²) in [6.45, 7) is 9.53. The van der Waals surface area contributed by atoms with E-state index in [0.717, 1.165) is 0 Å². The molecule has 1 aromatic heterocycles. The third kappa shape index (κ3) is 5.72. The molecule has 0 aliphatic carbocycles. The first-order valence-electron chi connectivity index (χ1n) is 6.43. The number of hydrogen-bond donors (Lipinski definition) is 0. The molecule has 0 saturated heterocycles. The summed E-state index contributed by atoms with van der Waals surface area (Å²) in [5.41, 5.74) is 0.547. The molecule has 104 valence electrons. The minimum atomic E-state index is -2.08. The van der Waals surface area contributed by atoms with Crippen LogP contribution in [0.1, 0.15) is 41.5 Å². The smallest absolute Gasteiger partial charge is 0.538 e. The van der Waals surface area contributed by atoms with Gasteiger partial charge in [-0.1, -0.05) is 0 Å². The van der Waals surface area contributed by atoms with E-state index in [0.29, 0.717) is 5.59 Å². The Balaban J connectivity index is 0.00000324. The van der Waals surface area contributed by atoms with E-state index < -0.39 is 6.75 Å². The molecule has 7 heteroatoms. The summed E-state index contributed by atoms with van der Waals surface area (Å²) < 4.78 is 22.6. The number of nitrogens with zero attached hydrogens (tertiary/aromatic N) is 1. The standard InChI is InChI=1S/C12H23BNO4.Li/c1-9(2)16-13(17-10(3)4,18-11(5)6)12-7-8-15-14-12;/h7-11H,1-6H3;/q-1;+1. The molecule has 0 fully saturated rings. The summed E-state index contributed by atoms with van der Waals surface area (Å²) in [6, 6.07) is 1.72. The van der Waals surface area contributed by atoms with Crippen LogP contribution in [0.4, 0.5) is 0 Å². The summed E-state index contributed by atoms with van der Waals surface area (Å²) >= 11 is 0. The molecule has 1 heterocycles. The fourth-order valence-electron chi connectivity index (χ4n) is 1.78. The second-order valence-electron chi connectivity index (χ2n) is 5.12. The van der Waals surface area contributed by atoms with Gasteiger partial charge < -0.3 is 18.5 Å².